The standard InChI is InChI=1S/C14H23N5/c1-5-8-16-13-12(11(2)3)14(18-10-17-13)19(4)9-6-7-15/h10-11H,5-6,8-9H2,1-4H3,(H,16,17,18). The maximum Gasteiger partial charge on any atom is 0.137 e. The van der Waals surface area contributed by atoms with Gasteiger partial charge in [-0.2, -0.15) is 5.26 Å². The Morgan fingerprint density at radius 1 is 1.42 bits per heavy atom. The van der Waals surface area contributed by atoms with Crippen LogP contribution in [0.25, 0.3) is 0 Å². The fourth-order valence-electron chi connectivity index (χ4n) is 1.93. The number of hydrogen-bond donors (Lipinski definition) is 1. The van der Waals surface area contributed by atoms with E-state index in [4.69, 9.17) is 5.26 Å². The minimum Gasteiger partial charge on any atom is -0.370 e. The molecule has 1 aromatic heterocycles. The number of nitrogens with zero attached hydrogens (tertiary/aromatic N) is 4. The summed E-state index contributed by atoms with van der Waals surface area (Å²) in [6, 6.07) is 2.17. The number of rotatable bonds is 7. The van der Waals surface area contributed by atoms with Crippen molar-refractivity contribution in [2.75, 3.05) is 30.4 Å². The second-order valence-corrected chi connectivity index (χ2v) is 4.87. The highest BCUT2D eigenvalue weighted by Crippen LogP contribution is 2.30. The van der Waals surface area contributed by atoms with Crippen LogP contribution in [-0.4, -0.2) is 30.1 Å². The van der Waals surface area contributed by atoms with Crippen molar-refractivity contribution in [2.45, 2.75) is 39.5 Å². The monoisotopic (exact) mass is 261 g/mol. The van der Waals surface area contributed by atoms with Crippen LogP contribution in [0.5, 0.6) is 0 Å². The lowest BCUT2D eigenvalue weighted by Crippen LogP contribution is -2.22. The zero-order chi connectivity index (χ0) is 14.3. The number of nitrogens with one attached hydrogen (secondary N) is 1. The number of hydrogen-bond acceptors (Lipinski definition) is 5. The molecule has 0 aliphatic rings. The first-order chi connectivity index (χ1) is 9.11. The Hall–Kier alpha value is -1.83. The summed E-state index contributed by atoms with van der Waals surface area (Å²) in [6.07, 6.45) is 3.14. The fraction of sp³-hybridized carbons (Fsp3) is 0.643. The lowest BCUT2D eigenvalue weighted by atomic mass is 10.0. The van der Waals surface area contributed by atoms with E-state index >= 15 is 0 Å². The molecule has 1 rings (SSSR count). The molecule has 0 fully saturated rings. The van der Waals surface area contributed by atoms with Gasteiger partial charge in [0.05, 0.1) is 12.5 Å². The summed E-state index contributed by atoms with van der Waals surface area (Å²) in [5.41, 5.74) is 1.12. The normalized spacial score (nSPS) is 10.3. The lowest BCUT2D eigenvalue weighted by Gasteiger charge is -2.23. The van der Waals surface area contributed by atoms with E-state index in [2.05, 4.69) is 42.1 Å². The molecule has 0 aromatic carbocycles. The van der Waals surface area contributed by atoms with E-state index in [1.807, 2.05) is 11.9 Å². The molecule has 0 amide bonds. The molecule has 1 aromatic rings. The van der Waals surface area contributed by atoms with E-state index in [-0.39, 0.29) is 0 Å². The third kappa shape index (κ3) is 4.09. The van der Waals surface area contributed by atoms with Crippen molar-refractivity contribution in [3.05, 3.63) is 11.9 Å². The van der Waals surface area contributed by atoms with Crippen molar-refractivity contribution in [1.82, 2.24) is 9.97 Å². The average molecular weight is 261 g/mol. The van der Waals surface area contributed by atoms with Crippen LogP contribution in [0.3, 0.4) is 0 Å². The van der Waals surface area contributed by atoms with Crippen LogP contribution in [-0.2, 0) is 0 Å². The molecule has 19 heavy (non-hydrogen) atoms. The van der Waals surface area contributed by atoms with E-state index in [1.54, 1.807) is 6.33 Å². The summed E-state index contributed by atoms with van der Waals surface area (Å²) < 4.78 is 0. The van der Waals surface area contributed by atoms with Gasteiger partial charge < -0.3 is 10.2 Å². The minimum absolute atomic E-state index is 0.333. The quantitative estimate of drug-likeness (QED) is 0.817. The lowest BCUT2D eigenvalue weighted by molar-refractivity contribution is 0.805. The van der Waals surface area contributed by atoms with E-state index < -0.39 is 0 Å². The van der Waals surface area contributed by atoms with E-state index in [1.165, 1.54) is 0 Å². The molecule has 0 unspecified atom stereocenters. The van der Waals surface area contributed by atoms with Crippen LogP contribution in [0.4, 0.5) is 11.6 Å². The van der Waals surface area contributed by atoms with Crippen LogP contribution >= 0.6 is 0 Å². The third-order valence-electron chi connectivity index (χ3n) is 2.90. The molecule has 0 saturated carbocycles. The maximum atomic E-state index is 8.69. The zero-order valence-corrected chi connectivity index (χ0v) is 12.3. The molecule has 0 aliphatic heterocycles. The molecular formula is C14H23N5. The molecule has 5 nitrogen and oxygen atoms in total. The Morgan fingerprint density at radius 2 is 2.16 bits per heavy atom. The minimum atomic E-state index is 0.333. The molecule has 0 saturated heterocycles. The number of anilines is 2. The first kappa shape index (κ1) is 15.2. The van der Waals surface area contributed by atoms with Crippen LogP contribution in [0.1, 0.15) is 45.1 Å². The molecular weight excluding hydrogens is 238 g/mol. The second kappa shape index (κ2) is 7.57. The first-order valence-corrected chi connectivity index (χ1v) is 6.78. The third-order valence-corrected chi connectivity index (χ3v) is 2.90. The van der Waals surface area contributed by atoms with E-state index in [0.29, 0.717) is 18.9 Å². The van der Waals surface area contributed by atoms with Gasteiger partial charge in [-0.1, -0.05) is 20.8 Å². The van der Waals surface area contributed by atoms with Gasteiger partial charge in [-0.3, -0.25) is 0 Å². The Bertz CT molecular complexity index is 436. The predicted octanol–water partition coefficient (Wildman–Crippen LogP) is 2.77. The molecule has 0 spiro atoms. The Kier molecular flexibility index (Phi) is 6.07. The first-order valence-electron chi connectivity index (χ1n) is 6.78. The summed E-state index contributed by atoms with van der Waals surface area (Å²) in [6.45, 7) is 7.98. The van der Waals surface area contributed by atoms with Gasteiger partial charge in [0.25, 0.3) is 0 Å². The van der Waals surface area contributed by atoms with Crippen molar-refractivity contribution in [3.63, 3.8) is 0 Å². The van der Waals surface area contributed by atoms with E-state index in [9.17, 15) is 0 Å². The number of nitriles is 1. The smallest absolute Gasteiger partial charge is 0.137 e. The summed E-state index contributed by atoms with van der Waals surface area (Å²) in [5.74, 6) is 2.16. The highest BCUT2D eigenvalue weighted by Gasteiger charge is 2.17. The van der Waals surface area contributed by atoms with Gasteiger partial charge in [-0.05, 0) is 12.3 Å². The van der Waals surface area contributed by atoms with Crippen LogP contribution in [0.15, 0.2) is 6.33 Å². The Morgan fingerprint density at radius 3 is 2.74 bits per heavy atom. The zero-order valence-electron chi connectivity index (χ0n) is 12.3. The summed E-state index contributed by atoms with van der Waals surface area (Å²) >= 11 is 0. The largest absolute Gasteiger partial charge is 0.370 e. The SMILES string of the molecule is CCCNc1ncnc(N(C)CCC#N)c1C(C)C. The summed E-state index contributed by atoms with van der Waals surface area (Å²) in [5, 5.41) is 12.0. The highest BCUT2D eigenvalue weighted by atomic mass is 15.2. The van der Waals surface area contributed by atoms with Crippen molar-refractivity contribution in [3.8, 4) is 6.07 Å². The topological polar surface area (TPSA) is 64.8 Å². The van der Waals surface area contributed by atoms with Crippen molar-refractivity contribution < 1.29 is 0 Å². The fourth-order valence-corrected chi connectivity index (χ4v) is 1.93. The van der Waals surface area contributed by atoms with Crippen LogP contribution < -0.4 is 10.2 Å². The van der Waals surface area contributed by atoms with Gasteiger partial charge in [0.15, 0.2) is 0 Å². The van der Waals surface area contributed by atoms with Crippen molar-refractivity contribution in [2.24, 2.45) is 0 Å². The highest BCUT2D eigenvalue weighted by molar-refractivity contribution is 5.60. The van der Waals surface area contributed by atoms with Gasteiger partial charge in [0, 0.05) is 25.7 Å². The number of aromatic nitrogens is 2. The summed E-state index contributed by atoms with van der Waals surface area (Å²) in [7, 11) is 1.97. The van der Waals surface area contributed by atoms with Crippen LogP contribution in [0.2, 0.25) is 0 Å². The molecule has 0 radical (unpaired) electrons. The van der Waals surface area contributed by atoms with Crippen molar-refractivity contribution in [1.29, 1.82) is 5.26 Å². The van der Waals surface area contributed by atoms with Crippen LogP contribution in [0, 0.1) is 11.3 Å². The Balaban J connectivity index is 3.05. The molecule has 0 bridgehead atoms. The maximum absolute atomic E-state index is 8.69. The van der Waals surface area contributed by atoms with Gasteiger partial charge >= 0.3 is 0 Å². The van der Waals surface area contributed by atoms with Gasteiger partial charge in [-0.25, -0.2) is 9.97 Å². The molecule has 0 atom stereocenters. The predicted molar refractivity (Wildman–Crippen MR) is 78.4 cm³/mol. The van der Waals surface area contributed by atoms with Gasteiger partial charge in [0.2, 0.25) is 0 Å². The second-order valence-electron chi connectivity index (χ2n) is 4.87. The molecule has 1 heterocycles. The van der Waals surface area contributed by atoms with Gasteiger partial charge in [0.1, 0.15) is 18.0 Å². The van der Waals surface area contributed by atoms with Gasteiger partial charge in [-0.15, -0.1) is 0 Å². The average Bonchev–Trinajstić information content (AvgIpc) is 2.41. The molecule has 0 aliphatic carbocycles. The molecule has 1 N–H and O–H groups in total. The summed E-state index contributed by atoms with van der Waals surface area (Å²) in [4.78, 5) is 10.8. The van der Waals surface area contributed by atoms with Crippen molar-refractivity contribution >= 4 is 11.6 Å². The molecule has 5 heteroatoms. The Labute approximate surface area is 115 Å². The molecule has 104 valence electrons. The van der Waals surface area contributed by atoms with E-state index in [0.717, 1.165) is 30.2 Å².